The number of fused-ring (bicyclic) bond motifs is 4. The molecule has 1 heterocycles. The Morgan fingerprint density at radius 3 is 2.34 bits per heavy atom. The van der Waals surface area contributed by atoms with E-state index in [0.29, 0.717) is 35.0 Å². The van der Waals surface area contributed by atoms with Crippen molar-refractivity contribution in [3.8, 4) is 34.3 Å². The molecule has 0 saturated heterocycles. The average molecular weight is 396 g/mol. The van der Waals surface area contributed by atoms with Crippen LogP contribution < -0.4 is 19.6 Å². The van der Waals surface area contributed by atoms with E-state index in [0.717, 1.165) is 17.5 Å². The predicted molar refractivity (Wildman–Crippen MR) is 111 cm³/mol. The van der Waals surface area contributed by atoms with Crippen LogP contribution in [0.1, 0.15) is 31.4 Å². The minimum absolute atomic E-state index is 0.152. The quantitative estimate of drug-likeness (QED) is 0.706. The van der Waals surface area contributed by atoms with Gasteiger partial charge in [-0.15, -0.1) is 0 Å². The van der Waals surface area contributed by atoms with Gasteiger partial charge in [-0.2, -0.15) is 0 Å². The van der Waals surface area contributed by atoms with Crippen molar-refractivity contribution in [2.45, 2.75) is 32.1 Å². The molecule has 0 fully saturated rings. The monoisotopic (exact) mass is 396 g/mol. The van der Waals surface area contributed by atoms with E-state index in [1.165, 1.54) is 13.2 Å². The number of hydrogen-bond donors (Lipinski definition) is 1. The van der Waals surface area contributed by atoms with Crippen LogP contribution >= 0.6 is 0 Å². The molecule has 1 aliphatic carbocycles. The number of ether oxygens (including phenoxy) is 3. The van der Waals surface area contributed by atoms with Gasteiger partial charge in [-0.25, -0.2) is 0 Å². The van der Waals surface area contributed by atoms with Crippen molar-refractivity contribution in [1.82, 2.24) is 0 Å². The SMILES string of the molecule is COc1cc(OC)c2c(c1)C(C)(C)CCc1c-2oc2cc(OC)cc(O)c2c1=O. The molecule has 0 saturated carbocycles. The van der Waals surface area contributed by atoms with E-state index in [4.69, 9.17) is 18.6 Å². The standard InChI is InChI=1S/C23H24O6/c1-23(2)7-6-14-21(25)20-16(24)9-13(27-4)11-18(20)29-22(14)19-15(23)8-12(26-3)10-17(19)28-5/h8-11,24H,6-7H2,1-5H3. The van der Waals surface area contributed by atoms with Crippen LogP contribution in [-0.4, -0.2) is 26.4 Å². The fraction of sp³-hybridized carbons (Fsp3) is 0.348. The van der Waals surface area contributed by atoms with E-state index in [1.54, 1.807) is 26.4 Å². The molecule has 3 aromatic rings. The molecule has 6 heteroatoms. The maximum atomic E-state index is 13.4. The molecule has 0 aliphatic heterocycles. The molecule has 1 aromatic heterocycles. The van der Waals surface area contributed by atoms with Crippen LogP contribution in [0.15, 0.2) is 33.5 Å². The Labute approximate surface area is 168 Å². The average Bonchev–Trinajstić information content (AvgIpc) is 2.81. The van der Waals surface area contributed by atoms with Crippen molar-refractivity contribution in [2.75, 3.05) is 21.3 Å². The van der Waals surface area contributed by atoms with Crippen LogP contribution in [-0.2, 0) is 11.8 Å². The summed E-state index contributed by atoms with van der Waals surface area (Å²) < 4.78 is 22.6. The lowest BCUT2D eigenvalue weighted by atomic mass is 9.79. The van der Waals surface area contributed by atoms with E-state index < -0.39 is 0 Å². The maximum Gasteiger partial charge on any atom is 0.200 e. The van der Waals surface area contributed by atoms with E-state index >= 15 is 0 Å². The van der Waals surface area contributed by atoms with Crippen LogP contribution in [0.2, 0.25) is 0 Å². The smallest absolute Gasteiger partial charge is 0.200 e. The van der Waals surface area contributed by atoms with Crippen molar-refractivity contribution >= 4 is 11.0 Å². The highest BCUT2D eigenvalue weighted by Gasteiger charge is 2.34. The summed E-state index contributed by atoms with van der Waals surface area (Å²) >= 11 is 0. The molecule has 1 N–H and O–H groups in total. The first-order valence-corrected chi connectivity index (χ1v) is 9.44. The van der Waals surface area contributed by atoms with Gasteiger partial charge in [0.15, 0.2) is 5.43 Å². The topological polar surface area (TPSA) is 78.1 Å². The molecule has 4 rings (SSSR count). The Bertz CT molecular complexity index is 1170. The largest absolute Gasteiger partial charge is 0.507 e. The number of phenolic OH excluding ortho intramolecular Hbond substituents is 1. The van der Waals surface area contributed by atoms with Gasteiger partial charge in [0.05, 0.1) is 26.9 Å². The van der Waals surface area contributed by atoms with Crippen LogP contribution in [0.3, 0.4) is 0 Å². The number of benzene rings is 2. The fourth-order valence-corrected chi connectivity index (χ4v) is 4.07. The van der Waals surface area contributed by atoms with Crippen LogP contribution in [0.5, 0.6) is 23.0 Å². The van der Waals surface area contributed by atoms with Gasteiger partial charge in [-0.05, 0) is 29.9 Å². The van der Waals surface area contributed by atoms with E-state index in [-0.39, 0.29) is 27.6 Å². The molecule has 0 atom stereocenters. The second-order valence-corrected chi connectivity index (χ2v) is 7.89. The molecule has 0 spiro atoms. The van der Waals surface area contributed by atoms with E-state index in [9.17, 15) is 9.90 Å². The summed E-state index contributed by atoms with van der Waals surface area (Å²) in [6, 6.07) is 6.80. The molecular formula is C23H24O6. The molecule has 152 valence electrons. The van der Waals surface area contributed by atoms with Gasteiger partial charge in [0, 0.05) is 23.8 Å². The Balaban J connectivity index is 2.16. The summed E-state index contributed by atoms with van der Waals surface area (Å²) in [6.45, 7) is 4.25. The second-order valence-electron chi connectivity index (χ2n) is 7.89. The van der Waals surface area contributed by atoms with Gasteiger partial charge < -0.3 is 23.7 Å². The van der Waals surface area contributed by atoms with E-state index in [1.807, 2.05) is 6.07 Å². The molecule has 0 radical (unpaired) electrons. The minimum Gasteiger partial charge on any atom is -0.507 e. The van der Waals surface area contributed by atoms with Crippen molar-refractivity contribution in [3.63, 3.8) is 0 Å². The number of aromatic hydroxyl groups is 1. The number of phenols is 1. The lowest BCUT2D eigenvalue weighted by molar-refractivity contribution is 0.389. The van der Waals surface area contributed by atoms with E-state index in [2.05, 4.69) is 13.8 Å². The second kappa shape index (κ2) is 6.72. The van der Waals surface area contributed by atoms with Gasteiger partial charge >= 0.3 is 0 Å². The van der Waals surface area contributed by atoms with Gasteiger partial charge in [0.25, 0.3) is 0 Å². The zero-order valence-corrected chi connectivity index (χ0v) is 17.2. The van der Waals surface area contributed by atoms with Gasteiger partial charge in [0.1, 0.15) is 39.7 Å². The first-order valence-electron chi connectivity index (χ1n) is 9.44. The van der Waals surface area contributed by atoms with Crippen molar-refractivity contribution in [3.05, 3.63) is 45.6 Å². The summed E-state index contributed by atoms with van der Waals surface area (Å²) in [5.41, 5.74) is 2.06. The van der Waals surface area contributed by atoms with Crippen LogP contribution in [0.25, 0.3) is 22.3 Å². The first kappa shape index (κ1) is 19.2. The number of rotatable bonds is 3. The molecule has 2 aromatic carbocycles. The van der Waals surface area contributed by atoms with Crippen molar-refractivity contribution < 1.29 is 23.7 Å². The Hall–Kier alpha value is -3.15. The summed E-state index contributed by atoms with van der Waals surface area (Å²) in [4.78, 5) is 13.4. The Kier molecular flexibility index (Phi) is 4.45. The van der Waals surface area contributed by atoms with Crippen LogP contribution in [0.4, 0.5) is 0 Å². The normalized spacial score (nSPS) is 14.7. The maximum absolute atomic E-state index is 13.4. The fourth-order valence-electron chi connectivity index (χ4n) is 4.07. The molecule has 6 nitrogen and oxygen atoms in total. The summed E-state index contributed by atoms with van der Waals surface area (Å²) in [7, 11) is 4.69. The predicted octanol–water partition coefficient (Wildman–Crippen LogP) is 4.42. The summed E-state index contributed by atoms with van der Waals surface area (Å²) in [5.74, 6) is 1.98. The zero-order valence-electron chi connectivity index (χ0n) is 17.2. The molecule has 29 heavy (non-hydrogen) atoms. The van der Waals surface area contributed by atoms with Gasteiger partial charge in [-0.3, -0.25) is 4.79 Å². The van der Waals surface area contributed by atoms with Gasteiger partial charge in [0.2, 0.25) is 0 Å². The highest BCUT2D eigenvalue weighted by Crippen LogP contribution is 2.48. The molecule has 1 aliphatic rings. The highest BCUT2D eigenvalue weighted by atomic mass is 16.5. The molecular weight excluding hydrogens is 372 g/mol. The van der Waals surface area contributed by atoms with Crippen molar-refractivity contribution in [1.29, 1.82) is 0 Å². The molecule has 0 amide bonds. The third-order valence-corrected chi connectivity index (χ3v) is 5.77. The number of methoxy groups -OCH3 is 3. The number of hydrogen-bond acceptors (Lipinski definition) is 6. The van der Waals surface area contributed by atoms with Crippen molar-refractivity contribution in [2.24, 2.45) is 0 Å². The molecule has 0 bridgehead atoms. The Morgan fingerprint density at radius 2 is 1.69 bits per heavy atom. The zero-order chi connectivity index (χ0) is 20.9. The summed E-state index contributed by atoms with van der Waals surface area (Å²) in [6.07, 6.45) is 1.25. The third kappa shape index (κ3) is 2.90. The lowest BCUT2D eigenvalue weighted by Crippen LogP contribution is -2.18. The minimum atomic E-state index is -0.246. The Morgan fingerprint density at radius 1 is 1.00 bits per heavy atom. The lowest BCUT2D eigenvalue weighted by Gasteiger charge is -2.26. The van der Waals surface area contributed by atoms with Gasteiger partial charge in [-0.1, -0.05) is 13.8 Å². The van der Waals surface area contributed by atoms with Crippen LogP contribution in [0, 0.1) is 0 Å². The summed E-state index contributed by atoms with van der Waals surface area (Å²) in [5, 5.41) is 10.6. The molecule has 0 unspecified atom stereocenters. The first-order chi connectivity index (χ1) is 13.8. The highest BCUT2D eigenvalue weighted by molar-refractivity contribution is 5.88. The third-order valence-electron chi connectivity index (χ3n) is 5.77.